The zero-order valence-electron chi connectivity index (χ0n) is 15.7. The molecular formula is C19H25F2N5O. The van der Waals surface area contributed by atoms with Crippen molar-refractivity contribution in [3.8, 4) is 0 Å². The fraction of sp³-hybridized carbons (Fsp3) is 0.316. The van der Waals surface area contributed by atoms with Crippen molar-refractivity contribution in [2.75, 3.05) is 5.73 Å². The van der Waals surface area contributed by atoms with E-state index in [9.17, 15) is 13.9 Å². The summed E-state index contributed by atoms with van der Waals surface area (Å²) in [4.78, 5) is 7.87. The van der Waals surface area contributed by atoms with Gasteiger partial charge in [-0.2, -0.15) is 5.10 Å². The molecule has 2 atom stereocenters. The lowest BCUT2D eigenvalue weighted by molar-refractivity contribution is 0.00407. The van der Waals surface area contributed by atoms with Crippen molar-refractivity contribution in [1.29, 1.82) is 0 Å². The number of aliphatic hydroxyl groups is 1. The Morgan fingerprint density at radius 3 is 2.63 bits per heavy atom. The van der Waals surface area contributed by atoms with Crippen LogP contribution in [0, 0.1) is 11.6 Å². The lowest BCUT2D eigenvalue weighted by Gasteiger charge is -2.34. The first kappa shape index (κ1) is 22.2. The van der Waals surface area contributed by atoms with Gasteiger partial charge < -0.3 is 10.8 Å². The highest BCUT2D eigenvalue weighted by atomic mass is 19.1. The third-order valence-electron chi connectivity index (χ3n) is 4.13. The molecule has 1 unspecified atom stereocenters. The minimum Gasteiger partial charge on any atom is -0.396 e. The molecule has 0 aliphatic heterocycles. The van der Waals surface area contributed by atoms with E-state index in [1.54, 1.807) is 20.1 Å². The van der Waals surface area contributed by atoms with Gasteiger partial charge in [0.25, 0.3) is 0 Å². The first-order valence-electron chi connectivity index (χ1n) is 8.39. The van der Waals surface area contributed by atoms with Crippen LogP contribution in [0.5, 0.6) is 0 Å². The van der Waals surface area contributed by atoms with Crippen molar-refractivity contribution in [2.45, 2.75) is 38.7 Å². The average Bonchev–Trinajstić information content (AvgIpc) is 2.66. The number of anilines is 1. The van der Waals surface area contributed by atoms with Gasteiger partial charge in [0.05, 0.1) is 17.6 Å². The molecule has 2 rings (SSSR count). The van der Waals surface area contributed by atoms with E-state index in [-0.39, 0.29) is 12.0 Å². The number of halogens is 2. The predicted molar refractivity (Wildman–Crippen MR) is 103 cm³/mol. The number of nitrogens with one attached hydrogen (secondary N) is 1. The molecule has 146 valence electrons. The lowest BCUT2D eigenvalue weighted by Crippen LogP contribution is -2.33. The van der Waals surface area contributed by atoms with E-state index in [0.717, 1.165) is 12.1 Å². The number of hydrogen-bond donors (Lipinski definition) is 3. The molecule has 0 bridgehead atoms. The maximum absolute atomic E-state index is 14.0. The SMILES string of the molecule is C=CN/N=C\C.CC[C@](O)(c1ccc(F)cc1F)C(C)c1ncncc1N. The van der Waals surface area contributed by atoms with Gasteiger partial charge in [-0.25, -0.2) is 18.7 Å². The molecule has 2 aromatic rings. The van der Waals surface area contributed by atoms with Crippen LogP contribution in [0.15, 0.2) is 48.6 Å². The molecule has 1 aromatic heterocycles. The van der Waals surface area contributed by atoms with Crippen LogP contribution in [0.4, 0.5) is 14.5 Å². The Bertz CT molecular complexity index is 784. The Balaban J connectivity index is 0.000000527. The number of hydrogen-bond acceptors (Lipinski definition) is 6. The quantitative estimate of drug-likeness (QED) is 0.529. The van der Waals surface area contributed by atoms with Gasteiger partial charge in [0, 0.05) is 30.0 Å². The summed E-state index contributed by atoms with van der Waals surface area (Å²) >= 11 is 0. The topological polar surface area (TPSA) is 96.4 Å². The smallest absolute Gasteiger partial charge is 0.132 e. The van der Waals surface area contributed by atoms with E-state index >= 15 is 0 Å². The van der Waals surface area contributed by atoms with Crippen LogP contribution in [0.25, 0.3) is 0 Å². The highest BCUT2D eigenvalue weighted by Crippen LogP contribution is 2.41. The molecular weight excluding hydrogens is 352 g/mol. The molecule has 1 aromatic carbocycles. The molecule has 0 fully saturated rings. The van der Waals surface area contributed by atoms with Crippen LogP contribution in [0.2, 0.25) is 0 Å². The number of nitrogens with two attached hydrogens (primary N) is 1. The average molecular weight is 377 g/mol. The third kappa shape index (κ3) is 5.55. The molecule has 0 spiro atoms. The van der Waals surface area contributed by atoms with E-state index < -0.39 is 23.2 Å². The summed E-state index contributed by atoms with van der Waals surface area (Å²) in [5.74, 6) is -2.06. The highest BCUT2D eigenvalue weighted by molar-refractivity contribution is 5.52. The monoisotopic (exact) mass is 377 g/mol. The molecule has 0 radical (unpaired) electrons. The highest BCUT2D eigenvalue weighted by Gasteiger charge is 2.38. The minimum atomic E-state index is -1.54. The summed E-state index contributed by atoms with van der Waals surface area (Å²) in [5, 5.41) is 14.5. The Morgan fingerprint density at radius 2 is 2.15 bits per heavy atom. The third-order valence-corrected chi connectivity index (χ3v) is 4.13. The number of benzene rings is 1. The van der Waals surface area contributed by atoms with Crippen LogP contribution in [0.1, 0.15) is 44.4 Å². The van der Waals surface area contributed by atoms with Crippen molar-refractivity contribution in [3.63, 3.8) is 0 Å². The van der Waals surface area contributed by atoms with Gasteiger partial charge in [0.15, 0.2) is 0 Å². The molecule has 0 aliphatic rings. The molecule has 0 saturated heterocycles. The minimum absolute atomic E-state index is 0.0249. The maximum Gasteiger partial charge on any atom is 0.132 e. The first-order chi connectivity index (χ1) is 12.8. The molecule has 4 N–H and O–H groups in total. The van der Waals surface area contributed by atoms with E-state index in [1.165, 1.54) is 24.8 Å². The van der Waals surface area contributed by atoms with Crippen LogP contribution in [-0.4, -0.2) is 21.3 Å². The fourth-order valence-corrected chi connectivity index (χ4v) is 2.64. The first-order valence-corrected chi connectivity index (χ1v) is 8.39. The standard InChI is InChI=1S/C15H17F2N3O.C4H8N2/c1-3-15(21,11-5-4-10(16)6-12(11)17)9(2)14-13(18)7-19-8-20-14;1-3-5-6-4-2/h4-9,21H,3,18H2,1-2H3;3-5H,1H2,2H3/b;6-4-/t9?,15-;/m1./s1. The van der Waals surface area contributed by atoms with E-state index in [1.807, 2.05) is 6.92 Å². The molecule has 0 saturated carbocycles. The zero-order chi connectivity index (χ0) is 20.4. The summed E-state index contributed by atoms with van der Waals surface area (Å²) in [6.45, 7) is 8.62. The second-order valence-corrected chi connectivity index (χ2v) is 5.71. The van der Waals surface area contributed by atoms with Crippen LogP contribution >= 0.6 is 0 Å². The van der Waals surface area contributed by atoms with Gasteiger partial charge >= 0.3 is 0 Å². The van der Waals surface area contributed by atoms with E-state index in [0.29, 0.717) is 11.4 Å². The molecule has 1 heterocycles. The maximum atomic E-state index is 14.0. The number of nitrogen functional groups attached to an aromatic ring is 1. The van der Waals surface area contributed by atoms with Crippen LogP contribution in [-0.2, 0) is 5.60 Å². The number of rotatable bonds is 6. The Hall–Kier alpha value is -2.87. The van der Waals surface area contributed by atoms with Gasteiger partial charge in [-0.1, -0.05) is 26.5 Å². The normalized spacial score (nSPS) is 14.0. The molecule has 0 amide bonds. The molecule has 0 aliphatic carbocycles. The van der Waals surface area contributed by atoms with E-state index in [4.69, 9.17) is 5.73 Å². The summed E-state index contributed by atoms with van der Waals surface area (Å²) in [7, 11) is 0. The van der Waals surface area contributed by atoms with E-state index in [2.05, 4.69) is 27.1 Å². The zero-order valence-corrected chi connectivity index (χ0v) is 15.7. The summed E-state index contributed by atoms with van der Waals surface area (Å²) in [6, 6.07) is 3.13. The lowest BCUT2D eigenvalue weighted by atomic mass is 9.78. The van der Waals surface area contributed by atoms with Gasteiger partial charge in [-0.05, 0) is 19.4 Å². The molecule has 8 heteroatoms. The van der Waals surface area contributed by atoms with Gasteiger partial charge in [0.2, 0.25) is 0 Å². The Kier molecular flexibility index (Phi) is 8.47. The summed E-state index contributed by atoms with van der Waals surface area (Å²) in [6.07, 6.45) is 6.14. The van der Waals surface area contributed by atoms with Crippen molar-refractivity contribution < 1.29 is 13.9 Å². The summed E-state index contributed by atoms with van der Waals surface area (Å²) in [5.41, 5.74) is 7.59. The van der Waals surface area contributed by atoms with Crippen LogP contribution < -0.4 is 11.2 Å². The second-order valence-electron chi connectivity index (χ2n) is 5.71. The largest absolute Gasteiger partial charge is 0.396 e. The number of hydrazone groups is 1. The second kappa shape index (κ2) is 10.3. The van der Waals surface area contributed by atoms with Crippen LogP contribution in [0.3, 0.4) is 0 Å². The van der Waals surface area contributed by atoms with Gasteiger partial charge in [-0.3, -0.25) is 5.43 Å². The van der Waals surface area contributed by atoms with Gasteiger partial charge in [-0.15, -0.1) is 0 Å². The molecule has 27 heavy (non-hydrogen) atoms. The number of nitrogens with zero attached hydrogens (tertiary/aromatic N) is 3. The Morgan fingerprint density at radius 1 is 1.44 bits per heavy atom. The predicted octanol–water partition coefficient (Wildman–Crippen LogP) is 3.46. The van der Waals surface area contributed by atoms with Crippen molar-refractivity contribution in [1.82, 2.24) is 15.4 Å². The molecule has 6 nitrogen and oxygen atoms in total. The van der Waals surface area contributed by atoms with Crippen molar-refractivity contribution >= 4 is 11.9 Å². The fourth-order valence-electron chi connectivity index (χ4n) is 2.64. The van der Waals surface area contributed by atoms with Crippen molar-refractivity contribution in [3.05, 3.63) is 66.4 Å². The number of aromatic nitrogens is 2. The van der Waals surface area contributed by atoms with Gasteiger partial charge in [0.1, 0.15) is 23.6 Å². The summed E-state index contributed by atoms with van der Waals surface area (Å²) < 4.78 is 27.1. The Labute approximate surface area is 157 Å². The van der Waals surface area contributed by atoms with Crippen molar-refractivity contribution in [2.24, 2.45) is 5.10 Å².